The number of rotatable bonds is 4. The summed E-state index contributed by atoms with van der Waals surface area (Å²) < 4.78 is 10.6. The van der Waals surface area contributed by atoms with E-state index in [1.54, 1.807) is 0 Å². The van der Waals surface area contributed by atoms with Crippen LogP contribution in [0, 0.1) is 0 Å². The molecule has 5 N–H and O–H groups in total. The first-order valence-electron chi connectivity index (χ1n) is 6.45. The van der Waals surface area contributed by atoms with Crippen LogP contribution in [0.4, 0.5) is 0 Å². The van der Waals surface area contributed by atoms with Crippen LogP contribution >= 0.6 is 12.4 Å². The lowest BCUT2D eigenvalue weighted by molar-refractivity contribution is 0.174. The topological polar surface area (TPSA) is 107 Å². The number of halogens is 1. The summed E-state index contributed by atoms with van der Waals surface area (Å²) in [5.74, 6) is 2.01. The maximum Gasteiger partial charge on any atom is 0.231 e. The molecular formula is C13H20ClN5O2. The molecule has 0 amide bonds. The number of nitrogens with zero attached hydrogens (tertiary/aromatic N) is 2. The molecule has 0 aromatic heterocycles. The summed E-state index contributed by atoms with van der Waals surface area (Å²) in [6.45, 7) is 3.53. The fourth-order valence-electron chi connectivity index (χ4n) is 1.80. The minimum absolute atomic E-state index is 0. The third kappa shape index (κ3) is 5.03. The van der Waals surface area contributed by atoms with Crippen molar-refractivity contribution in [1.29, 1.82) is 0 Å². The van der Waals surface area contributed by atoms with Crippen LogP contribution in [-0.4, -0.2) is 31.8 Å². The van der Waals surface area contributed by atoms with Gasteiger partial charge in [-0.1, -0.05) is 6.07 Å². The molecule has 1 heterocycles. The highest BCUT2D eigenvalue weighted by atomic mass is 35.5. The van der Waals surface area contributed by atoms with Crippen molar-refractivity contribution in [3.63, 3.8) is 0 Å². The van der Waals surface area contributed by atoms with Gasteiger partial charge in [-0.3, -0.25) is 4.99 Å². The highest BCUT2D eigenvalue weighted by Gasteiger charge is 2.12. The standard InChI is InChI=1S/C13H19N5O2.ClH/c1-2-16-13(18-12(14)15)17-6-5-9-3-4-10-11(7-9)20-8-19-10;/h3-4,7H,2,5-6,8H2,1H3,(H5,14,15,16,17,18);1H. The van der Waals surface area contributed by atoms with Gasteiger partial charge in [0.15, 0.2) is 17.5 Å². The zero-order valence-electron chi connectivity index (χ0n) is 11.8. The van der Waals surface area contributed by atoms with Crippen LogP contribution in [0.25, 0.3) is 0 Å². The lowest BCUT2D eigenvalue weighted by Gasteiger charge is -2.04. The van der Waals surface area contributed by atoms with Crippen LogP contribution in [0.1, 0.15) is 12.5 Å². The molecule has 1 aromatic rings. The van der Waals surface area contributed by atoms with Gasteiger partial charge in [-0.15, -0.1) is 12.4 Å². The summed E-state index contributed by atoms with van der Waals surface area (Å²) >= 11 is 0. The van der Waals surface area contributed by atoms with Crippen LogP contribution in [0.15, 0.2) is 28.2 Å². The van der Waals surface area contributed by atoms with Crippen LogP contribution in [0.5, 0.6) is 11.5 Å². The Morgan fingerprint density at radius 1 is 1.29 bits per heavy atom. The number of benzene rings is 1. The molecule has 1 aromatic carbocycles. The van der Waals surface area contributed by atoms with Crippen molar-refractivity contribution in [3.05, 3.63) is 23.8 Å². The van der Waals surface area contributed by atoms with Crippen molar-refractivity contribution >= 4 is 24.3 Å². The molecule has 0 bridgehead atoms. The first-order valence-corrected chi connectivity index (χ1v) is 6.45. The summed E-state index contributed by atoms with van der Waals surface area (Å²) in [6, 6.07) is 5.87. The minimum Gasteiger partial charge on any atom is -0.454 e. The average molecular weight is 314 g/mol. The molecule has 0 spiro atoms. The molecule has 0 aliphatic carbocycles. The van der Waals surface area contributed by atoms with E-state index in [9.17, 15) is 0 Å². The normalized spacial score (nSPS) is 12.5. The van der Waals surface area contributed by atoms with Crippen LogP contribution < -0.4 is 26.3 Å². The predicted molar refractivity (Wildman–Crippen MR) is 85.3 cm³/mol. The molecule has 0 saturated carbocycles. The third-order valence-corrected chi connectivity index (χ3v) is 2.67. The van der Waals surface area contributed by atoms with Gasteiger partial charge in [-0.25, -0.2) is 0 Å². The lowest BCUT2D eigenvalue weighted by Crippen LogP contribution is -2.29. The second kappa shape index (κ2) is 8.21. The van der Waals surface area contributed by atoms with Crippen molar-refractivity contribution in [2.45, 2.75) is 13.3 Å². The summed E-state index contributed by atoms with van der Waals surface area (Å²) in [6.07, 6.45) is 0.769. The van der Waals surface area contributed by atoms with Crippen molar-refractivity contribution in [2.24, 2.45) is 21.5 Å². The number of aliphatic imine (C=N–C) groups is 2. The second-order valence-electron chi connectivity index (χ2n) is 4.21. The zero-order valence-corrected chi connectivity index (χ0v) is 12.7. The molecule has 2 rings (SSSR count). The number of guanidine groups is 2. The number of nitrogens with one attached hydrogen (secondary N) is 1. The second-order valence-corrected chi connectivity index (χ2v) is 4.21. The largest absolute Gasteiger partial charge is 0.454 e. The Morgan fingerprint density at radius 3 is 2.76 bits per heavy atom. The maximum atomic E-state index is 5.34. The van der Waals surface area contributed by atoms with Gasteiger partial charge in [0.1, 0.15) is 0 Å². The van der Waals surface area contributed by atoms with Crippen LogP contribution in [0.3, 0.4) is 0 Å². The van der Waals surface area contributed by atoms with Gasteiger partial charge in [-0.2, -0.15) is 4.99 Å². The summed E-state index contributed by atoms with van der Waals surface area (Å²) in [5, 5.41) is 3.00. The Hall–Kier alpha value is -2.15. The Bertz CT molecular complexity index is 529. The molecule has 0 fully saturated rings. The molecule has 0 radical (unpaired) electrons. The highest BCUT2D eigenvalue weighted by Crippen LogP contribution is 2.32. The fraction of sp³-hybridized carbons (Fsp3) is 0.385. The van der Waals surface area contributed by atoms with Gasteiger partial charge in [0.2, 0.25) is 12.8 Å². The van der Waals surface area contributed by atoms with E-state index >= 15 is 0 Å². The van der Waals surface area contributed by atoms with E-state index in [0.29, 0.717) is 19.0 Å². The zero-order chi connectivity index (χ0) is 14.4. The molecule has 0 atom stereocenters. The smallest absolute Gasteiger partial charge is 0.231 e. The average Bonchev–Trinajstić information content (AvgIpc) is 2.85. The van der Waals surface area contributed by atoms with Crippen molar-refractivity contribution in [3.8, 4) is 11.5 Å². The third-order valence-electron chi connectivity index (χ3n) is 2.67. The molecule has 7 nitrogen and oxygen atoms in total. The van der Waals surface area contributed by atoms with E-state index in [2.05, 4.69) is 15.3 Å². The van der Waals surface area contributed by atoms with Gasteiger partial charge >= 0.3 is 0 Å². The molecule has 0 unspecified atom stereocenters. The number of hydrogen-bond acceptors (Lipinski definition) is 3. The SMILES string of the molecule is CCNC(N=C(N)N)=NCCc1ccc2c(c1)OCO2.Cl. The molecule has 8 heteroatoms. The molecule has 0 saturated heterocycles. The van der Waals surface area contributed by atoms with Crippen molar-refractivity contribution in [2.75, 3.05) is 19.9 Å². The first-order chi connectivity index (χ1) is 9.69. The Balaban J connectivity index is 0.00000220. The van der Waals surface area contributed by atoms with Gasteiger partial charge in [-0.05, 0) is 31.0 Å². The number of hydrogen-bond donors (Lipinski definition) is 3. The van der Waals surface area contributed by atoms with E-state index in [4.69, 9.17) is 20.9 Å². The summed E-state index contributed by atoms with van der Waals surface area (Å²) in [5.41, 5.74) is 11.8. The minimum atomic E-state index is -0.00669. The molecule has 21 heavy (non-hydrogen) atoms. The number of nitrogens with two attached hydrogens (primary N) is 2. The van der Waals surface area contributed by atoms with Gasteiger partial charge in [0, 0.05) is 13.1 Å². The Kier molecular flexibility index (Phi) is 6.61. The molecular weight excluding hydrogens is 294 g/mol. The van der Waals surface area contributed by atoms with Gasteiger partial charge < -0.3 is 26.3 Å². The monoisotopic (exact) mass is 313 g/mol. The number of fused-ring (bicyclic) bond motifs is 1. The summed E-state index contributed by atoms with van der Waals surface area (Å²) in [7, 11) is 0. The van der Waals surface area contributed by atoms with Crippen LogP contribution in [-0.2, 0) is 6.42 Å². The fourth-order valence-corrected chi connectivity index (χ4v) is 1.80. The van der Waals surface area contributed by atoms with E-state index in [1.165, 1.54) is 0 Å². The predicted octanol–water partition coefficient (Wildman–Crippen LogP) is 0.619. The Labute approximate surface area is 129 Å². The Morgan fingerprint density at radius 2 is 2.05 bits per heavy atom. The molecule has 116 valence electrons. The van der Waals surface area contributed by atoms with Crippen LogP contribution in [0.2, 0.25) is 0 Å². The lowest BCUT2D eigenvalue weighted by atomic mass is 10.1. The summed E-state index contributed by atoms with van der Waals surface area (Å²) in [4.78, 5) is 8.25. The number of ether oxygens (including phenoxy) is 2. The van der Waals surface area contributed by atoms with E-state index in [-0.39, 0.29) is 25.2 Å². The van der Waals surface area contributed by atoms with E-state index in [1.807, 2.05) is 25.1 Å². The maximum absolute atomic E-state index is 5.34. The first kappa shape index (κ1) is 16.9. The van der Waals surface area contributed by atoms with Crippen molar-refractivity contribution in [1.82, 2.24) is 5.32 Å². The van der Waals surface area contributed by atoms with E-state index in [0.717, 1.165) is 23.5 Å². The van der Waals surface area contributed by atoms with Gasteiger partial charge in [0.25, 0.3) is 0 Å². The van der Waals surface area contributed by atoms with Gasteiger partial charge in [0.05, 0.1) is 0 Å². The van der Waals surface area contributed by atoms with E-state index < -0.39 is 0 Å². The van der Waals surface area contributed by atoms with Crippen molar-refractivity contribution < 1.29 is 9.47 Å². The quantitative estimate of drug-likeness (QED) is 0.558. The molecule has 1 aliphatic rings. The molecule has 1 aliphatic heterocycles. The highest BCUT2D eigenvalue weighted by molar-refractivity contribution is 5.93.